The number of rotatable bonds is 4. The number of allylic oxidation sites excluding steroid dienone is 2. The van der Waals surface area contributed by atoms with Crippen LogP contribution in [-0.2, 0) is 9.53 Å². The van der Waals surface area contributed by atoms with E-state index in [1.54, 1.807) is 0 Å². The summed E-state index contributed by atoms with van der Waals surface area (Å²) in [6, 6.07) is 0. The second-order valence-electron chi connectivity index (χ2n) is 6.17. The van der Waals surface area contributed by atoms with Crippen molar-refractivity contribution in [2.24, 2.45) is 17.3 Å². The normalized spacial score (nSPS) is 32.6. The number of hydrogen-bond donors (Lipinski definition) is 0. The van der Waals surface area contributed by atoms with Gasteiger partial charge in [-0.3, -0.25) is 4.79 Å². The maximum Gasteiger partial charge on any atom is 0.306 e. The summed E-state index contributed by atoms with van der Waals surface area (Å²) in [7, 11) is 0. The fourth-order valence-electron chi connectivity index (χ4n) is 4.01. The third-order valence-corrected chi connectivity index (χ3v) is 4.99. The Kier molecular flexibility index (Phi) is 4.14. The van der Waals surface area contributed by atoms with E-state index in [0.29, 0.717) is 24.4 Å². The molecule has 0 N–H and O–H groups in total. The Balaban J connectivity index is 2.02. The highest BCUT2D eigenvalue weighted by atomic mass is 16.5. The van der Waals surface area contributed by atoms with Gasteiger partial charge in [0.25, 0.3) is 0 Å². The Labute approximate surface area is 111 Å². The van der Waals surface area contributed by atoms with E-state index < -0.39 is 0 Å². The van der Waals surface area contributed by atoms with Crippen molar-refractivity contribution in [3.05, 3.63) is 11.6 Å². The minimum absolute atomic E-state index is 0.0474. The monoisotopic (exact) mass is 250 g/mol. The Morgan fingerprint density at radius 3 is 3.06 bits per heavy atom. The van der Waals surface area contributed by atoms with Crippen LogP contribution in [0.1, 0.15) is 59.3 Å². The first-order valence-corrected chi connectivity index (χ1v) is 7.44. The molecule has 0 aromatic heterocycles. The summed E-state index contributed by atoms with van der Waals surface area (Å²) >= 11 is 0. The van der Waals surface area contributed by atoms with Crippen LogP contribution >= 0.6 is 0 Å². The molecule has 2 unspecified atom stereocenters. The van der Waals surface area contributed by atoms with Gasteiger partial charge in [0, 0.05) is 0 Å². The second-order valence-corrected chi connectivity index (χ2v) is 6.17. The van der Waals surface area contributed by atoms with Gasteiger partial charge < -0.3 is 4.74 Å². The average molecular weight is 250 g/mol. The first-order valence-electron chi connectivity index (χ1n) is 7.44. The van der Waals surface area contributed by atoms with Crippen LogP contribution in [0.3, 0.4) is 0 Å². The van der Waals surface area contributed by atoms with Crippen LogP contribution in [0.5, 0.6) is 0 Å². The molecule has 0 aliphatic heterocycles. The lowest BCUT2D eigenvalue weighted by atomic mass is 9.64. The predicted molar refractivity (Wildman–Crippen MR) is 73.2 cm³/mol. The van der Waals surface area contributed by atoms with Crippen molar-refractivity contribution in [3.8, 4) is 0 Å². The summed E-state index contributed by atoms with van der Waals surface area (Å²) in [6.45, 7) is 6.96. The highest BCUT2D eigenvalue weighted by Gasteiger charge is 2.44. The van der Waals surface area contributed by atoms with Gasteiger partial charge in [-0.1, -0.05) is 38.3 Å². The van der Waals surface area contributed by atoms with Crippen molar-refractivity contribution in [1.82, 2.24) is 0 Å². The Morgan fingerprint density at radius 2 is 2.33 bits per heavy atom. The van der Waals surface area contributed by atoms with Crippen LogP contribution in [0.15, 0.2) is 11.6 Å². The highest BCUT2D eigenvalue weighted by Crippen LogP contribution is 2.54. The predicted octanol–water partition coefficient (Wildman–Crippen LogP) is 4.10. The molecular weight excluding hydrogens is 224 g/mol. The third-order valence-electron chi connectivity index (χ3n) is 4.99. The first kappa shape index (κ1) is 13.6. The van der Waals surface area contributed by atoms with Gasteiger partial charge in [-0.2, -0.15) is 0 Å². The standard InChI is InChI=1S/C16H26O2/c1-4-18-15(17)11-12(2)14-9-8-13-7-5-6-10-16(13,14)3/h9,12-13H,4-8,10-11H2,1-3H3/t12-,13?,16?/m1/s1. The minimum Gasteiger partial charge on any atom is -0.466 e. The molecule has 1 saturated carbocycles. The van der Waals surface area contributed by atoms with Crippen molar-refractivity contribution in [1.29, 1.82) is 0 Å². The smallest absolute Gasteiger partial charge is 0.306 e. The summed E-state index contributed by atoms with van der Waals surface area (Å²) in [6.07, 6.45) is 9.57. The van der Waals surface area contributed by atoms with E-state index in [1.165, 1.54) is 37.7 Å². The fourth-order valence-corrected chi connectivity index (χ4v) is 4.01. The fraction of sp³-hybridized carbons (Fsp3) is 0.812. The largest absolute Gasteiger partial charge is 0.466 e. The van der Waals surface area contributed by atoms with Gasteiger partial charge in [0.15, 0.2) is 0 Å². The molecule has 102 valence electrons. The zero-order valence-corrected chi connectivity index (χ0v) is 12.0. The quantitative estimate of drug-likeness (QED) is 0.554. The SMILES string of the molecule is CCOC(=O)C[C@@H](C)C1=CCC2CCCCC12C. The molecule has 0 spiro atoms. The molecule has 1 fully saturated rings. The van der Waals surface area contributed by atoms with Gasteiger partial charge in [-0.15, -0.1) is 0 Å². The first-order chi connectivity index (χ1) is 8.58. The number of hydrogen-bond acceptors (Lipinski definition) is 2. The number of fused-ring (bicyclic) bond motifs is 1. The second kappa shape index (κ2) is 5.46. The van der Waals surface area contributed by atoms with E-state index in [2.05, 4.69) is 19.9 Å². The van der Waals surface area contributed by atoms with Crippen LogP contribution in [0, 0.1) is 17.3 Å². The summed E-state index contributed by atoms with van der Waals surface area (Å²) in [5.74, 6) is 1.12. The van der Waals surface area contributed by atoms with Crippen LogP contribution in [0.2, 0.25) is 0 Å². The van der Waals surface area contributed by atoms with Gasteiger partial charge in [0.1, 0.15) is 0 Å². The van der Waals surface area contributed by atoms with Crippen LogP contribution in [0.25, 0.3) is 0 Å². The Bertz CT molecular complexity index is 345. The molecule has 0 aromatic rings. The maximum absolute atomic E-state index is 11.6. The van der Waals surface area contributed by atoms with Gasteiger partial charge in [-0.25, -0.2) is 0 Å². The van der Waals surface area contributed by atoms with Crippen LogP contribution < -0.4 is 0 Å². The molecule has 18 heavy (non-hydrogen) atoms. The van der Waals surface area contributed by atoms with E-state index in [-0.39, 0.29) is 5.97 Å². The van der Waals surface area contributed by atoms with Gasteiger partial charge >= 0.3 is 5.97 Å². The minimum atomic E-state index is -0.0474. The summed E-state index contributed by atoms with van der Waals surface area (Å²) in [5, 5.41) is 0. The van der Waals surface area contributed by atoms with E-state index in [4.69, 9.17) is 4.74 Å². The summed E-state index contributed by atoms with van der Waals surface area (Å²) in [4.78, 5) is 11.6. The van der Waals surface area contributed by atoms with Crippen molar-refractivity contribution in [2.75, 3.05) is 6.61 Å². The average Bonchev–Trinajstić information content (AvgIpc) is 2.66. The molecule has 2 aliphatic carbocycles. The Hall–Kier alpha value is -0.790. The Morgan fingerprint density at radius 1 is 1.56 bits per heavy atom. The van der Waals surface area contributed by atoms with Gasteiger partial charge in [0.2, 0.25) is 0 Å². The molecule has 0 heterocycles. The lowest BCUT2D eigenvalue weighted by molar-refractivity contribution is -0.143. The van der Waals surface area contributed by atoms with Crippen molar-refractivity contribution < 1.29 is 9.53 Å². The third kappa shape index (κ3) is 2.48. The molecule has 2 aliphatic rings. The summed E-state index contributed by atoms with van der Waals surface area (Å²) < 4.78 is 5.07. The number of carbonyl (C=O) groups excluding carboxylic acids is 1. The van der Waals surface area contributed by atoms with E-state index in [1.807, 2.05) is 6.92 Å². The van der Waals surface area contributed by atoms with Crippen molar-refractivity contribution >= 4 is 5.97 Å². The molecular formula is C16H26O2. The maximum atomic E-state index is 11.6. The molecule has 0 aromatic carbocycles. The molecule has 2 nitrogen and oxygen atoms in total. The molecule has 2 rings (SSSR count). The highest BCUT2D eigenvalue weighted by molar-refractivity contribution is 5.70. The van der Waals surface area contributed by atoms with Crippen molar-refractivity contribution in [3.63, 3.8) is 0 Å². The number of esters is 1. The van der Waals surface area contributed by atoms with Gasteiger partial charge in [0.05, 0.1) is 13.0 Å². The topological polar surface area (TPSA) is 26.3 Å². The number of carbonyl (C=O) groups is 1. The van der Waals surface area contributed by atoms with Crippen molar-refractivity contribution in [2.45, 2.75) is 59.3 Å². The lowest BCUT2D eigenvalue weighted by Gasteiger charge is -2.41. The summed E-state index contributed by atoms with van der Waals surface area (Å²) in [5.41, 5.74) is 1.89. The molecule has 0 bridgehead atoms. The van der Waals surface area contributed by atoms with E-state index >= 15 is 0 Å². The van der Waals surface area contributed by atoms with Gasteiger partial charge in [-0.05, 0) is 43.4 Å². The zero-order valence-electron chi connectivity index (χ0n) is 12.0. The van der Waals surface area contributed by atoms with E-state index in [9.17, 15) is 4.79 Å². The molecule has 3 atom stereocenters. The molecule has 0 amide bonds. The number of ether oxygens (including phenoxy) is 1. The molecule has 0 saturated heterocycles. The lowest BCUT2D eigenvalue weighted by Crippen LogP contribution is -2.31. The van der Waals surface area contributed by atoms with E-state index in [0.717, 1.165) is 5.92 Å². The van der Waals surface area contributed by atoms with Crippen LogP contribution in [-0.4, -0.2) is 12.6 Å². The molecule has 2 heteroatoms. The molecule has 0 radical (unpaired) electrons. The zero-order chi connectivity index (χ0) is 13.2. The van der Waals surface area contributed by atoms with Crippen LogP contribution in [0.4, 0.5) is 0 Å².